The van der Waals surface area contributed by atoms with Crippen LogP contribution in [0.4, 0.5) is 0 Å². The molecule has 1 heterocycles. The Morgan fingerprint density at radius 1 is 1.38 bits per heavy atom. The van der Waals surface area contributed by atoms with Gasteiger partial charge in [-0.2, -0.15) is 4.31 Å². The molecule has 0 aliphatic carbocycles. The average Bonchev–Trinajstić information content (AvgIpc) is 2.44. The summed E-state index contributed by atoms with van der Waals surface area (Å²) in [7, 11) is -3.23. The normalized spacial score (nSPS) is 20.7. The third-order valence-electron chi connectivity index (χ3n) is 3.79. The Bertz CT molecular complexity index is 423. The lowest BCUT2D eigenvalue weighted by Crippen LogP contribution is -2.50. The van der Waals surface area contributed by atoms with Gasteiger partial charge in [-0.15, -0.1) is 0 Å². The molecule has 0 aromatic heterocycles. The van der Waals surface area contributed by atoms with E-state index in [4.69, 9.17) is 5.73 Å². The molecule has 0 aromatic carbocycles. The molecule has 1 rings (SSSR count). The summed E-state index contributed by atoms with van der Waals surface area (Å²) in [6, 6.07) is -0.113. The monoisotopic (exact) mass is 319 g/mol. The summed E-state index contributed by atoms with van der Waals surface area (Å²) in [4.78, 5) is 11.5. The third-order valence-corrected chi connectivity index (χ3v) is 5.74. The molecular weight excluding hydrogens is 290 g/mol. The fourth-order valence-corrected chi connectivity index (χ4v) is 4.54. The summed E-state index contributed by atoms with van der Waals surface area (Å²) in [6.07, 6.45) is 3.67. The van der Waals surface area contributed by atoms with Gasteiger partial charge in [0.15, 0.2) is 0 Å². The van der Waals surface area contributed by atoms with Crippen LogP contribution >= 0.6 is 0 Å². The molecule has 0 saturated carbocycles. The highest BCUT2D eigenvalue weighted by Gasteiger charge is 2.32. The molecule has 1 fully saturated rings. The Balaban J connectivity index is 2.61. The number of nitrogens with zero attached hydrogens (tertiary/aromatic N) is 1. The molecule has 0 bridgehead atoms. The number of piperidine rings is 1. The summed E-state index contributed by atoms with van der Waals surface area (Å²) in [6.45, 7) is 5.32. The first-order valence-electron chi connectivity index (χ1n) is 7.83. The van der Waals surface area contributed by atoms with Crippen LogP contribution < -0.4 is 11.1 Å². The highest BCUT2D eigenvalue weighted by atomic mass is 32.2. The van der Waals surface area contributed by atoms with Crippen LogP contribution in [0.5, 0.6) is 0 Å². The van der Waals surface area contributed by atoms with Crippen LogP contribution in [-0.2, 0) is 14.8 Å². The molecule has 21 heavy (non-hydrogen) atoms. The van der Waals surface area contributed by atoms with Crippen LogP contribution in [0.3, 0.4) is 0 Å². The quantitative estimate of drug-likeness (QED) is 0.688. The van der Waals surface area contributed by atoms with Crippen molar-refractivity contribution in [2.24, 2.45) is 11.7 Å². The van der Waals surface area contributed by atoms with Crippen molar-refractivity contribution in [3.8, 4) is 0 Å². The second-order valence-electron chi connectivity index (χ2n) is 6.10. The van der Waals surface area contributed by atoms with Gasteiger partial charge in [0.1, 0.15) is 0 Å². The van der Waals surface area contributed by atoms with Gasteiger partial charge >= 0.3 is 0 Å². The Hall–Kier alpha value is -0.660. The number of sulfonamides is 1. The summed E-state index contributed by atoms with van der Waals surface area (Å²) >= 11 is 0. The molecule has 1 aliphatic rings. The largest absolute Gasteiger partial charge is 0.354 e. The van der Waals surface area contributed by atoms with E-state index in [0.717, 1.165) is 19.3 Å². The minimum absolute atomic E-state index is 0.109. The number of hydrogen-bond donors (Lipinski definition) is 2. The second-order valence-corrected chi connectivity index (χ2v) is 8.14. The van der Waals surface area contributed by atoms with Crippen molar-refractivity contribution in [3.05, 3.63) is 0 Å². The lowest BCUT2D eigenvalue weighted by Gasteiger charge is -2.35. The molecule has 1 atom stereocenters. The summed E-state index contributed by atoms with van der Waals surface area (Å²) in [5.41, 5.74) is 5.34. The first-order chi connectivity index (χ1) is 9.86. The standard InChI is InChI=1S/C14H29N3O3S/c1-12(2)7-10-21(19,20)17-9-4-3-5-13(17)11-16-14(18)6-8-15/h12-13H,3-11,15H2,1-2H3,(H,16,18). The molecule has 3 N–H and O–H groups in total. The maximum atomic E-state index is 12.5. The van der Waals surface area contributed by atoms with E-state index >= 15 is 0 Å². The zero-order valence-electron chi connectivity index (χ0n) is 13.2. The number of hydrogen-bond acceptors (Lipinski definition) is 4. The van der Waals surface area contributed by atoms with Gasteiger partial charge in [0.05, 0.1) is 5.75 Å². The SMILES string of the molecule is CC(C)CCS(=O)(=O)N1CCCCC1CNC(=O)CCN. The first kappa shape index (κ1) is 18.4. The van der Waals surface area contributed by atoms with E-state index < -0.39 is 10.0 Å². The molecule has 1 aliphatic heterocycles. The Labute approximate surface area is 128 Å². The zero-order chi connectivity index (χ0) is 15.9. The molecule has 0 radical (unpaired) electrons. The van der Waals surface area contributed by atoms with Crippen molar-refractivity contribution in [1.29, 1.82) is 0 Å². The van der Waals surface area contributed by atoms with Gasteiger partial charge in [-0.05, 0) is 25.2 Å². The van der Waals surface area contributed by atoms with Crippen LogP contribution in [0, 0.1) is 5.92 Å². The number of carbonyl (C=O) groups is 1. The second kappa shape index (κ2) is 8.70. The minimum atomic E-state index is -3.23. The molecule has 1 saturated heterocycles. The van der Waals surface area contributed by atoms with Crippen molar-refractivity contribution in [2.45, 2.75) is 52.0 Å². The number of carbonyl (C=O) groups excluding carboxylic acids is 1. The fraction of sp³-hybridized carbons (Fsp3) is 0.929. The summed E-state index contributed by atoms with van der Waals surface area (Å²) < 4.78 is 26.5. The van der Waals surface area contributed by atoms with Gasteiger partial charge in [-0.1, -0.05) is 20.3 Å². The smallest absolute Gasteiger partial charge is 0.221 e. The number of rotatable bonds is 8. The Kier molecular flexibility index (Phi) is 7.62. The topological polar surface area (TPSA) is 92.5 Å². The molecule has 7 heteroatoms. The predicted octanol–water partition coefficient (Wildman–Crippen LogP) is 0.682. The summed E-state index contributed by atoms with van der Waals surface area (Å²) in [5, 5.41) is 2.80. The molecular formula is C14H29N3O3S. The maximum absolute atomic E-state index is 12.5. The van der Waals surface area contributed by atoms with Gasteiger partial charge in [0.2, 0.25) is 15.9 Å². The van der Waals surface area contributed by atoms with Crippen LogP contribution in [0.25, 0.3) is 0 Å². The van der Waals surface area contributed by atoms with Gasteiger partial charge in [-0.25, -0.2) is 8.42 Å². The number of nitrogens with one attached hydrogen (secondary N) is 1. The van der Waals surface area contributed by atoms with Crippen molar-refractivity contribution in [3.63, 3.8) is 0 Å². The average molecular weight is 319 g/mol. The van der Waals surface area contributed by atoms with E-state index in [1.165, 1.54) is 0 Å². The highest BCUT2D eigenvalue weighted by molar-refractivity contribution is 7.89. The fourth-order valence-electron chi connectivity index (χ4n) is 2.50. The minimum Gasteiger partial charge on any atom is -0.354 e. The molecule has 1 amide bonds. The summed E-state index contributed by atoms with van der Waals surface area (Å²) in [5.74, 6) is 0.452. The third kappa shape index (κ3) is 6.32. The van der Waals surface area contributed by atoms with Crippen LogP contribution in [-0.4, -0.2) is 50.1 Å². The first-order valence-corrected chi connectivity index (χ1v) is 9.44. The Morgan fingerprint density at radius 2 is 2.10 bits per heavy atom. The number of amides is 1. The van der Waals surface area contributed by atoms with Crippen molar-refractivity contribution in [2.75, 3.05) is 25.4 Å². The van der Waals surface area contributed by atoms with Gasteiger partial charge in [0, 0.05) is 32.1 Å². The van der Waals surface area contributed by atoms with Crippen LogP contribution in [0.2, 0.25) is 0 Å². The predicted molar refractivity (Wildman–Crippen MR) is 84.3 cm³/mol. The van der Waals surface area contributed by atoms with E-state index in [9.17, 15) is 13.2 Å². The molecule has 6 nitrogen and oxygen atoms in total. The van der Waals surface area contributed by atoms with E-state index in [0.29, 0.717) is 32.0 Å². The molecule has 0 spiro atoms. The van der Waals surface area contributed by atoms with Gasteiger partial charge in [-0.3, -0.25) is 4.79 Å². The Morgan fingerprint density at radius 3 is 2.71 bits per heavy atom. The molecule has 1 unspecified atom stereocenters. The lowest BCUT2D eigenvalue weighted by molar-refractivity contribution is -0.121. The van der Waals surface area contributed by atoms with Gasteiger partial charge in [0.25, 0.3) is 0 Å². The molecule has 124 valence electrons. The van der Waals surface area contributed by atoms with Crippen molar-refractivity contribution >= 4 is 15.9 Å². The van der Waals surface area contributed by atoms with Crippen LogP contribution in [0.1, 0.15) is 46.0 Å². The van der Waals surface area contributed by atoms with Crippen LogP contribution in [0.15, 0.2) is 0 Å². The van der Waals surface area contributed by atoms with E-state index in [1.807, 2.05) is 13.8 Å². The van der Waals surface area contributed by atoms with Crippen molar-refractivity contribution < 1.29 is 13.2 Å². The maximum Gasteiger partial charge on any atom is 0.221 e. The lowest BCUT2D eigenvalue weighted by atomic mass is 10.1. The zero-order valence-corrected chi connectivity index (χ0v) is 14.0. The van der Waals surface area contributed by atoms with E-state index in [1.54, 1.807) is 4.31 Å². The molecule has 0 aromatic rings. The number of nitrogens with two attached hydrogens (primary N) is 1. The van der Waals surface area contributed by atoms with E-state index in [2.05, 4.69) is 5.32 Å². The van der Waals surface area contributed by atoms with Crippen molar-refractivity contribution in [1.82, 2.24) is 9.62 Å². The highest BCUT2D eigenvalue weighted by Crippen LogP contribution is 2.21. The van der Waals surface area contributed by atoms with Gasteiger partial charge < -0.3 is 11.1 Å². The van der Waals surface area contributed by atoms with E-state index in [-0.39, 0.29) is 24.1 Å².